The fourth-order valence-corrected chi connectivity index (χ4v) is 2.03. The van der Waals surface area contributed by atoms with Gasteiger partial charge in [-0.2, -0.15) is 0 Å². The molecule has 0 aliphatic carbocycles. The van der Waals surface area contributed by atoms with Crippen molar-refractivity contribution in [1.29, 1.82) is 0 Å². The van der Waals surface area contributed by atoms with Gasteiger partial charge in [0.2, 0.25) is 0 Å². The molecule has 1 rings (SSSR count). The molecule has 1 heterocycles. The topological polar surface area (TPSA) is 96.6 Å². The molecule has 1 N–H and O–H groups in total. The van der Waals surface area contributed by atoms with Crippen LogP contribution in [0.4, 0.5) is 11.5 Å². The fraction of sp³-hybridized carbons (Fsp3) is 0.538. The maximum Gasteiger partial charge on any atom is 0.339 e. The van der Waals surface area contributed by atoms with Crippen LogP contribution in [0.5, 0.6) is 0 Å². The normalized spacial score (nSPS) is 12.2. The summed E-state index contributed by atoms with van der Waals surface area (Å²) in [5, 5.41) is 19.9. The third-order valence-corrected chi connectivity index (χ3v) is 3.10. The van der Waals surface area contributed by atoms with Gasteiger partial charge in [-0.1, -0.05) is 13.8 Å². The number of hydrogen-bond acceptors (Lipinski definition) is 5. The molecule has 20 heavy (non-hydrogen) atoms. The Kier molecular flexibility index (Phi) is 5.01. The van der Waals surface area contributed by atoms with Crippen molar-refractivity contribution in [3.8, 4) is 0 Å². The van der Waals surface area contributed by atoms with Crippen LogP contribution in [0.3, 0.4) is 0 Å². The molecule has 1 unspecified atom stereocenters. The Morgan fingerprint density at radius 3 is 2.55 bits per heavy atom. The van der Waals surface area contributed by atoms with Crippen LogP contribution in [-0.4, -0.2) is 34.1 Å². The Balaban J connectivity index is 3.16. The van der Waals surface area contributed by atoms with Crippen LogP contribution in [0.1, 0.15) is 37.6 Å². The van der Waals surface area contributed by atoms with Crippen molar-refractivity contribution < 1.29 is 14.8 Å². The lowest BCUT2D eigenvalue weighted by Crippen LogP contribution is -2.32. The first kappa shape index (κ1) is 15.9. The Bertz CT molecular complexity index is 516. The molecule has 0 fully saturated rings. The summed E-state index contributed by atoms with van der Waals surface area (Å²) in [4.78, 5) is 27.0. The molecule has 0 saturated carbocycles. The van der Waals surface area contributed by atoms with E-state index in [1.54, 1.807) is 11.9 Å². The smallest absolute Gasteiger partial charge is 0.339 e. The number of rotatable bonds is 6. The van der Waals surface area contributed by atoms with Gasteiger partial charge in [0.05, 0.1) is 4.92 Å². The molecule has 1 aromatic rings. The predicted molar refractivity (Wildman–Crippen MR) is 75.2 cm³/mol. The SMILES string of the molecule is CC(C)CC(C)N(C)c1ncc([N+](=O)[O-])cc1C(=O)O. The molecule has 0 amide bonds. The van der Waals surface area contributed by atoms with E-state index in [1.807, 2.05) is 6.92 Å². The molecule has 0 aromatic carbocycles. The van der Waals surface area contributed by atoms with Gasteiger partial charge in [0.25, 0.3) is 5.69 Å². The number of anilines is 1. The second kappa shape index (κ2) is 6.31. The molecular weight excluding hydrogens is 262 g/mol. The maximum absolute atomic E-state index is 11.3. The molecule has 7 nitrogen and oxygen atoms in total. The molecule has 0 aliphatic rings. The van der Waals surface area contributed by atoms with Crippen LogP contribution < -0.4 is 4.90 Å². The monoisotopic (exact) mass is 281 g/mol. The van der Waals surface area contributed by atoms with Crippen molar-refractivity contribution in [3.63, 3.8) is 0 Å². The summed E-state index contributed by atoms with van der Waals surface area (Å²) in [6.07, 6.45) is 1.95. The van der Waals surface area contributed by atoms with Gasteiger partial charge in [-0.3, -0.25) is 10.1 Å². The second-order valence-electron chi connectivity index (χ2n) is 5.22. The van der Waals surface area contributed by atoms with E-state index in [0.717, 1.165) is 18.7 Å². The van der Waals surface area contributed by atoms with Crippen molar-refractivity contribution >= 4 is 17.5 Å². The molecule has 1 aromatic heterocycles. The Labute approximate surface area is 117 Å². The highest BCUT2D eigenvalue weighted by atomic mass is 16.6. The van der Waals surface area contributed by atoms with E-state index < -0.39 is 10.9 Å². The molecule has 0 bridgehead atoms. The summed E-state index contributed by atoms with van der Waals surface area (Å²) in [7, 11) is 1.74. The first-order valence-electron chi connectivity index (χ1n) is 6.34. The van der Waals surface area contributed by atoms with Gasteiger partial charge in [0, 0.05) is 19.2 Å². The van der Waals surface area contributed by atoms with Crippen molar-refractivity contribution in [1.82, 2.24) is 4.98 Å². The lowest BCUT2D eigenvalue weighted by Gasteiger charge is -2.28. The summed E-state index contributed by atoms with van der Waals surface area (Å²) in [5.74, 6) is -0.519. The van der Waals surface area contributed by atoms with E-state index in [2.05, 4.69) is 18.8 Å². The quantitative estimate of drug-likeness (QED) is 0.635. The fourth-order valence-electron chi connectivity index (χ4n) is 2.03. The highest BCUT2D eigenvalue weighted by Crippen LogP contribution is 2.24. The van der Waals surface area contributed by atoms with Crippen molar-refractivity contribution in [3.05, 3.63) is 27.9 Å². The van der Waals surface area contributed by atoms with Gasteiger partial charge in [0.15, 0.2) is 0 Å². The summed E-state index contributed by atoms with van der Waals surface area (Å²) >= 11 is 0. The summed E-state index contributed by atoms with van der Waals surface area (Å²) in [5.41, 5.74) is -0.478. The second-order valence-corrected chi connectivity index (χ2v) is 5.22. The zero-order valence-electron chi connectivity index (χ0n) is 12.0. The Hall–Kier alpha value is -2.18. The molecule has 0 spiro atoms. The van der Waals surface area contributed by atoms with Crippen molar-refractivity contribution in [2.24, 2.45) is 5.92 Å². The molecule has 0 aliphatic heterocycles. The number of aromatic nitrogens is 1. The van der Waals surface area contributed by atoms with Crippen LogP contribution in [0.25, 0.3) is 0 Å². The minimum Gasteiger partial charge on any atom is -0.478 e. The number of pyridine rings is 1. The highest BCUT2D eigenvalue weighted by molar-refractivity contribution is 5.94. The van der Waals surface area contributed by atoms with Crippen molar-refractivity contribution in [2.75, 3.05) is 11.9 Å². The molecule has 110 valence electrons. The number of aromatic carboxylic acids is 1. The van der Waals surface area contributed by atoms with E-state index in [1.165, 1.54) is 0 Å². The molecule has 7 heteroatoms. The van der Waals surface area contributed by atoms with E-state index >= 15 is 0 Å². The molecule has 0 saturated heterocycles. The van der Waals surface area contributed by atoms with Crippen LogP contribution in [0.15, 0.2) is 12.3 Å². The minimum absolute atomic E-state index is 0.0852. The summed E-state index contributed by atoms with van der Waals surface area (Å²) in [6, 6.07) is 1.13. The largest absolute Gasteiger partial charge is 0.478 e. The number of nitrogens with zero attached hydrogens (tertiary/aromatic N) is 3. The number of nitro groups is 1. The molecule has 0 radical (unpaired) electrons. The van der Waals surface area contributed by atoms with Crippen molar-refractivity contribution in [2.45, 2.75) is 33.2 Å². The van der Waals surface area contributed by atoms with Crippen LogP contribution in [0, 0.1) is 16.0 Å². The Morgan fingerprint density at radius 2 is 2.10 bits per heavy atom. The van der Waals surface area contributed by atoms with Gasteiger partial charge < -0.3 is 10.0 Å². The standard InChI is InChI=1S/C13H19N3O4/c1-8(2)5-9(3)15(4)12-11(13(17)18)6-10(7-14-12)16(19)20/h6-9H,5H2,1-4H3,(H,17,18). The number of hydrogen-bond donors (Lipinski definition) is 1. The van der Waals surface area contributed by atoms with E-state index in [0.29, 0.717) is 5.92 Å². The zero-order valence-corrected chi connectivity index (χ0v) is 12.0. The molecule has 1 atom stereocenters. The maximum atomic E-state index is 11.3. The number of carboxylic acids is 1. The number of carbonyl (C=O) groups is 1. The van der Waals surface area contributed by atoms with Gasteiger partial charge in [-0.05, 0) is 19.3 Å². The average Bonchev–Trinajstić information content (AvgIpc) is 2.36. The summed E-state index contributed by atoms with van der Waals surface area (Å²) in [6.45, 7) is 6.12. The Morgan fingerprint density at radius 1 is 1.50 bits per heavy atom. The van der Waals surface area contributed by atoms with E-state index in [4.69, 9.17) is 0 Å². The van der Waals surface area contributed by atoms with Crippen LogP contribution in [0.2, 0.25) is 0 Å². The zero-order chi connectivity index (χ0) is 15.4. The van der Waals surface area contributed by atoms with Crippen LogP contribution >= 0.6 is 0 Å². The van der Waals surface area contributed by atoms with Gasteiger partial charge in [-0.15, -0.1) is 0 Å². The van der Waals surface area contributed by atoms with E-state index in [9.17, 15) is 20.0 Å². The lowest BCUT2D eigenvalue weighted by molar-refractivity contribution is -0.385. The first-order chi connectivity index (χ1) is 9.23. The third-order valence-electron chi connectivity index (χ3n) is 3.10. The lowest BCUT2D eigenvalue weighted by atomic mass is 10.0. The minimum atomic E-state index is -1.22. The first-order valence-corrected chi connectivity index (χ1v) is 6.34. The third kappa shape index (κ3) is 3.66. The highest BCUT2D eigenvalue weighted by Gasteiger charge is 2.22. The molecular formula is C13H19N3O4. The van der Waals surface area contributed by atoms with Gasteiger partial charge >= 0.3 is 5.97 Å². The average molecular weight is 281 g/mol. The van der Waals surface area contributed by atoms with Gasteiger partial charge in [-0.25, -0.2) is 9.78 Å². The van der Waals surface area contributed by atoms with Gasteiger partial charge in [0.1, 0.15) is 17.6 Å². The predicted octanol–water partition coefficient (Wildman–Crippen LogP) is 2.56. The summed E-state index contributed by atoms with van der Waals surface area (Å²) < 4.78 is 0. The van der Waals surface area contributed by atoms with E-state index in [-0.39, 0.29) is 23.1 Å². The number of carboxylic acid groups (broad SMARTS) is 1. The van der Waals surface area contributed by atoms with Crippen LogP contribution in [-0.2, 0) is 0 Å².